The molecule has 1 fully saturated rings. The lowest BCUT2D eigenvalue weighted by Gasteiger charge is -2.41. The van der Waals surface area contributed by atoms with Gasteiger partial charge in [-0.25, -0.2) is 4.79 Å². The molecule has 0 saturated heterocycles. The summed E-state index contributed by atoms with van der Waals surface area (Å²) in [5, 5.41) is 3.24. The number of likely N-dealkylation sites (N-methyl/N-ethyl adjacent to an activating group) is 2. The summed E-state index contributed by atoms with van der Waals surface area (Å²) >= 11 is 0. The van der Waals surface area contributed by atoms with Gasteiger partial charge in [-0.15, -0.1) is 0 Å². The lowest BCUT2D eigenvalue weighted by Crippen LogP contribution is -2.62. The zero-order chi connectivity index (χ0) is 14.0. The summed E-state index contributed by atoms with van der Waals surface area (Å²) in [5.41, 5.74) is -0.457. The molecule has 1 atom stereocenters. The lowest BCUT2D eigenvalue weighted by molar-refractivity contribution is -0.151. The van der Waals surface area contributed by atoms with Crippen LogP contribution < -0.4 is 5.32 Å². The van der Waals surface area contributed by atoms with Crippen molar-refractivity contribution >= 4 is 5.97 Å². The summed E-state index contributed by atoms with van der Waals surface area (Å²) in [6.07, 6.45) is 3.27. The van der Waals surface area contributed by atoms with Crippen molar-refractivity contribution in [2.24, 2.45) is 5.92 Å². The summed E-state index contributed by atoms with van der Waals surface area (Å²) in [4.78, 5) is 14.4. The second-order valence-corrected chi connectivity index (χ2v) is 6.01. The number of rotatable bonds is 7. The molecule has 0 aromatic carbocycles. The Kier molecular flexibility index (Phi) is 4.78. The van der Waals surface area contributed by atoms with Crippen LogP contribution in [0.25, 0.3) is 0 Å². The minimum atomic E-state index is -0.546. The zero-order valence-corrected chi connectivity index (χ0v) is 12.7. The highest BCUT2D eigenvalue weighted by Gasteiger charge is 2.52. The van der Waals surface area contributed by atoms with Gasteiger partial charge >= 0.3 is 5.97 Å². The number of esters is 1. The molecular formula is C14H28N2O2. The van der Waals surface area contributed by atoms with Gasteiger partial charge in [0.25, 0.3) is 0 Å². The first-order valence-electron chi connectivity index (χ1n) is 6.82. The Bertz CT molecular complexity index is 300. The van der Waals surface area contributed by atoms with Crippen LogP contribution in [0.5, 0.6) is 0 Å². The molecule has 18 heavy (non-hydrogen) atoms. The number of methoxy groups -OCH3 is 1. The Morgan fingerprint density at radius 2 is 2.00 bits per heavy atom. The van der Waals surface area contributed by atoms with Crippen LogP contribution in [0.1, 0.15) is 40.0 Å². The molecule has 1 aliphatic rings. The summed E-state index contributed by atoms with van der Waals surface area (Å²) in [7, 11) is 5.42. The Morgan fingerprint density at radius 1 is 1.44 bits per heavy atom. The number of hydrogen-bond acceptors (Lipinski definition) is 4. The van der Waals surface area contributed by atoms with Crippen molar-refractivity contribution in [3.63, 3.8) is 0 Å². The fourth-order valence-electron chi connectivity index (χ4n) is 2.36. The Balaban J connectivity index is 2.88. The van der Waals surface area contributed by atoms with Gasteiger partial charge in [0.1, 0.15) is 5.54 Å². The average Bonchev–Trinajstić information content (AvgIpc) is 3.19. The molecule has 0 amide bonds. The molecule has 106 valence electrons. The van der Waals surface area contributed by atoms with E-state index in [0.29, 0.717) is 12.5 Å². The van der Waals surface area contributed by atoms with Crippen molar-refractivity contribution in [3.8, 4) is 0 Å². The summed E-state index contributed by atoms with van der Waals surface area (Å²) in [6.45, 7) is 7.28. The number of ether oxygens (including phenoxy) is 1. The number of nitrogens with one attached hydrogen (secondary N) is 1. The molecule has 0 spiro atoms. The molecule has 1 saturated carbocycles. The van der Waals surface area contributed by atoms with Gasteiger partial charge in [0.15, 0.2) is 0 Å². The van der Waals surface area contributed by atoms with Gasteiger partial charge < -0.3 is 10.1 Å². The van der Waals surface area contributed by atoms with Crippen molar-refractivity contribution in [1.29, 1.82) is 0 Å². The van der Waals surface area contributed by atoms with Crippen LogP contribution >= 0.6 is 0 Å². The van der Waals surface area contributed by atoms with E-state index < -0.39 is 5.54 Å². The Morgan fingerprint density at radius 3 is 2.33 bits per heavy atom. The molecule has 0 radical (unpaired) electrons. The fourth-order valence-corrected chi connectivity index (χ4v) is 2.36. The quantitative estimate of drug-likeness (QED) is 0.703. The molecule has 1 rings (SSSR count). The SMILES string of the molecule is CCC(C)(C)N(C)CC(NC)(C(=O)OC)C1CC1. The minimum Gasteiger partial charge on any atom is -0.468 e. The van der Waals surface area contributed by atoms with Gasteiger partial charge in [-0.05, 0) is 53.1 Å². The van der Waals surface area contributed by atoms with Crippen molar-refractivity contribution in [3.05, 3.63) is 0 Å². The van der Waals surface area contributed by atoms with Crippen LogP contribution in [-0.4, -0.2) is 49.7 Å². The predicted octanol–water partition coefficient (Wildman–Crippen LogP) is 1.65. The lowest BCUT2D eigenvalue weighted by atomic mass is 9.89. The van der Waals surface area contributed by atoms with Crippen LogP contribution in [-0.2, 0) is 9.53 Å². The summed E-state index contributed by atoms with van der Waals surface area (Å²) in [5.74, 6) is 0.274. The molecule has 1 aliphatic carbocycles. The van der Waals surface area contributed by atoms with Crippen molar-refractivity contribution in [1.82, 2.24) is 10.2 Å². The molecule has 0 bridgehead atoms. The van der Waals surface area contributed by atoms with Crippen molar-refractivity contribution in [2.45, 2.75) is 51.1 Å². The molecule has 4 heteroatoms. The van der Waals surface area contributed by atoms with Crippen LogP contribution in [0.3, 0.4) is 0 Å². The first kappa shape index (κ1) is 15.4. The van der Waals surface area contributed by atoms with E-state index in [0.717, 1.165) is 19.3 Å². The van der Waals surface area contributed by atoms with Gasteiger partial charge in [0.2, 0.25) is 0 Å². The first-order chi connectivity index (χ1) is 8.34. The van der Waals surface area contributed by atoms with E-state index in [1.165, 1.54) is 7.11 Å². The van der Waals surface area contributed by atoms with E-state index in [2.05, 4.69) is 38.0 Å². The van der Waals surface area contributed by atoms with Crippen LogP contribution in [0, 0.1) is 5.92 Å². The maximum absolute atomic E-state index is 12.2. The van der Waals surface area contributed by atoms with Crippen molar-refractivity contribution in [2.75, 3.05) is 27.7 Å². The maximum Gasteiger partial charge on any atom is 0.327 e. The summed E-state index contributed by atoms with van der Waals surface area (Å²) in [6, 6.07) is 0. The Hall–Kier alpha value is -0.610. The standard InChI is InChI=1S/C14H28N2O2/c1-7-13(2,3)16(5)10-14(15-4,11-8-9-11)12(17)18-6/h11,15H,7-10H2,1-6H3. The van der Waals surface area contributed by atoms with Crippen LogP contribution in [0.15, 0.2) is 0 Å². The zero-order valence-electron chi connectivity index (χ0n) is 12.7. The number of nitrogens with zero attached hydrogens (tertiary/aromatic N) is 1. The molecule has 0 aromatic heterocycles. The molecule has 0 aromatic rings. The number of carbonyl (C=O) groups is 1. The average molecular weight is 256 g/mol. The largest absolute Gasteiger partial charge is 0.468 e. The number of carbonyl (C=O) groups excluding carboxylic acids is 1. The third kappa shape index (κ3) is 2.86. The van der Waals surface area contributed by atoms with Crippen LogP contribution in [0.2, 0.25) is 0 Å². The van der Waals surface area contributed by atoms with Gasteiger partial charge in [-0.3, -0.25) is 4.90 Å². The molecule has 4 nitrogen and oxygen atoms in total. The van der Waals surface area contributed by atoms with Gasteiger partial charge in [-0.2, -0.15) is 0 Å². The molecule has 1 N–H and O–H groups in total. The van der Waals surface area contributed by atoms with Crippen molar-refractivity contribution < 1.29 is 9.53 Å². The fraction of sp³-hybridized carbons (Fsp3) is 0.929. The smallest absolute Gasteiger partial charge is 0.327 e. The second-order valence-electron chi connectivity index (χ2n) is 6.01. The van der Waals surface area contributed by atoms with E-state index >= 15 is 0 Å². The molecule has 0 heterocycles. The first-order valence-corrected chi connectivity index (χ1v) is 6.82. The molecular weight excluding hydrogens is 228 g/mol. The van der Waals surface area contributed by atoms with Crippen LogP contribution in [0.4, 0.5) is 0 Å². The maximum atomic E-state index is 12.2. The Labute approximate surface area is 111 Å². The monoisotopic (exact) mass is 256 g/mol. The van der Waals surface area contributed by atoms with Gasteiger partial charge in [0, 0.05) is 12.1 Å². The predicted molar refractivity (Wildman–Crippen MR) is 73.5 cm³/mol. The third-order valence-electron chi connectivity index (χ3n) is 4.66. The highest BCUT2D eigenvalue weighted by atomic mass is 16.5. The van der Waals surface area contributed by atoms with E-state index in [1.54, 1.807) is 0 Å². The third-order valence-corrected chi connectivity index (χ3v) is 4.66. The van der Waals surface area contributed by atoms with E-state index in [4.69, 9.17) is 4.74 Å². The van der Waals surface area contributed by atoms with E-state index in [9.17, 15) is 4.79 Å². The van der Waals surface area contributed by atoms with E-state index in [1.807, 2.05) is 7.05 Å². The highest BCUT2D eigenvalue weighted by Crippen LogP contribution is 2.41. The number of hydrogen-bond donors (Lipinski definition) is 1. The minimum absolute atomic E-state index is 0.0883. The van der Waals surface area contributed by atoms with Gasteiger partial charge in [0.05, 0.1) is 7.11 Å². The normalized spacial score (nSPS) is 19.7. The van der Waals surface area contributed by atoms with E-state index in [-0.39, 0.29) is 11.5 Å². The topological polar surface area (TPSA) is 41.6 Å². The summed E-state index contributed by atoms with van der Waals surface area (Å²) < 4.78 is 5.03. The highest BCUT2D eigenvalue weighted by molar-refractivity contribution is 5.82. The second kappa shape index (κ2) is 5.57. The molecule has 0 aliphatic heterocycles. The molecule has 1 unspecified atom stereocenters. The van der Waals surface area contributed by atoms with Gasteiger partial charge in [-0.1, -0.05) is 6.92 Å².